The third-order valence-corrected chi connectivity index (χ3v) is 4.41. The number of hydrogen-bond donors (Lipinski definition) is 1. The molecule has 0 aromatic carbocycles. The standard InChI is InChI=1S/C15H25N5/c1-3-14-11-20(7-6-19(14)2)15-10-17-13(9-18-15)8-16-12-4-5-12/h9-10,12,14,16H,3-8,11H2,1-2H3. The minimum absolute atomic E-state index is 0.627. The van der Waals surface area contributed by atoms with E-state index in [0.29, 0.717) is 6.04 Å². The highest BCUT2D eigenvalue weighted by molar-refractivity contribution is 5.37. The summed E-state index contributed by atoms with van der Waals surface area (Å²) in [6, 6.07) is 1.35. The van der Waals surface area contributed by atoms with Gasteiger partial charge in [0.1, 0.15) is 5.82 Å². The molecule has 5 nitrogen and oxygen atoms in total. The lowest BCUT2D eigenvalue weighted by Gasteiger charge is -2.39. The highest BCUT2D eigenvalue weighted by Gasteiger charge is 2.24. The molecule has 0 bridgehead atoms. The Kier molecular flexibility index (Phi) is 4.17. The molecule has 1 saturated carbocycles. The molecule has 2 heterocycles. The third-order valence-electron chi connectivity index (χ3n) is 4.41. The summed E-state index contributed by atoms with van der Waals surface area (Å²) in [4.78, 5) is 13.9. The van der Waals surface area contributed by atoms with Crippen LogP contribution in [0.3, 0.4) is 0 Å². The molecule has 1 aliphatic heterocycles. The lowest BCUT2D eigenvalue weighted by molar-refractivity contribution is 0.213. The van der Waals surface area contributed by atoms with Crippen LogP contribution in [-0.2, 0) is 6.54 Å². The van der Waals surface area contributed by atoms with Gasteiger partial charge in [0.05, 0.1) is 18.1 Å². The maximum atomic E-state index is 4.60. The predicted octanol–water partition coefficient (Wildman–Crippen LogP) is 1.26. The molecule has 2 fully saturated rings. The summed E-state index contributed by atoms with van der Waals surface area (Å²) in [6.45, 7) is 6.30. The van der Waals surface area contributed by atoms with Gasteiger partial charge in [0.2, 0.25) is 0 Å². The first-order valence-corrected chi connectivity index (χ1v) is 7.75. The molecule has 5 heteroatoms. The molecule has 1 aromatic rings. The SMILES string of the molecule is CCC1CN(c2cnc(CNC3CC3)cn2)CCN1C. The Labute approximate surface area is 121 Å². The molecular weight excluding hydrogens is 250 g/mol. The van der Waals surface area contributed by atoms with E-state index in [1.165, 1.54) is 19.3 Å². The molecule has 2 aliphatic rings. The molecule has 1 unspecified atom stereocenters. The van der Waals surface area contributed by atoms with Crippen LogP contribution < -0.4 is 10.2 Å². The van der Waals surface area contributed by atoms with E-state index >= 15 is 0 Å². The summed E-state index contributed by atoms with van der Waals surface area (Å²) in [5.41, 5.74) is 1.04. The Morgan fingerprint density at radius 2 is 2.10 bits per heavy atom. The molecule has 1 N–H and O–H groups in total. The minimum Gasteiger partial charge on any atom is -0.352 e. The summed E-state index contributed by atoms with van der Waals surface area (Å²) in [6.07, 6.45) is 7.66. The molecule has 0 spiro atoms. The number of aromatic nitrogens is 2. The van der Waals surface area contributed by atoms with Crippen molar-refractivity contribution in [1.82, 2.24) is 20.2 Å². The Bertz CT molecular complexity index is 428. The molecule has 0 amide bonds. The fourth-order valence-corrected chi connectivity index (χ4v) is 2.73. The van der Waals surface area contributed by atoms with E-state index in [9.17, 15) is 0 Å². The molecule has 1 atom stereocenters. The van der Waals surface area contributed by atoms with E-state index in [1.807, 2.05) is 12.4 Å². The van der Waals surface area contributed by atoms with Gasteiger partial charge >= 0.3 is 0 Å². The highest BCUT2D eigenvalue weighted by atomic mass is 15.3. The van der Waals surface area contributed by atoms with Crippen molar-refractivity contribution in [3.8, 4) is 0 Å². The lowest BCUT2D eigenvalue weighted by atomic mass is 10.1. The van der Waals surface area contributed by atoms with Crippen molar-refractivity contribution in [2.75, 3.05) is 31.6 Å². The minimum atomic E-state index is 0.627. The molecule has 20 heavy (non-hydrogen) atoms. The maximum absolute atomic E-state index is 4.60. The van der Waals surface area contributed by atoms with Crippen LogP contribution in [0.2, 0.25) is 0 Å². The zero-order valence-corrected chi connectivity index (χ0v) is 12.5. The van der Waals surface area contributed by atoms with Gasteiger partial charge in [-0.05, 0) is 26.3 Å². The van der Waals surface area contributed by atoms with Gasteiger partial charge in [0.25, 0.3) is 0 Å². The number of anilines is 1. The van der Waals surface area contributed by atoms with Crippen LogP contribution in [0, 0.1) is 0 Å². The number of rotatable bonds is 5. The zero-order valence-electron chi connectivity index (χ0n) is 12.5. The van der Waals surface area contributed by atoms with Gasteiger partial charge in [0.15, 0.2) is 0 Å². The van der Waals surface area contributed by atoms with Gasteiger partial charge in [-0.25, -0.2) is 4.98 Å². The number of piperazine rings is 1. The molecule has 1 aromatic heterocycles. The first kappa shape index (κ1) is 13.8. The Morgan fingerprint density at radius 3 is 2.75 bits per heavy atom. The predicted molar refractivity (Wildman–Crippen MR) is 80.8 cm³/mol. The first-order valence-electron chi connectivity index (χ1n) is 7.75. The molecule has 1 aliphatic carbocycles. The smallest absolute Gasteiger partial charge is 0.147 e. The van der Waals surface area contributed by atoms with E-state index in [2.05, 4.69) is 39.1 Å². The number of hydrogen-bond acceptors (Lipinski definition) is 5. The van der Waals surface area contributed by atoms with Crippen molar-refractivity contribution in [2.24, 2.45) is 0 Å². The largest absolute Gasteiger partial charge is 0.352 e. The quantitative estimate of drug-likeness (QED) is 0.876. The van der Waals surface area contributed by atoms with Gasteiger partial charge in [0, 0.05) is 38.3 Å². The van der Waals surface area contributed by atoms with Crippen molar-refractivity contribution in [2.45, 2.75) is 44.8 Å². The fraction of sp³-hybridized carbons (Fsp3) is 0.733. The number of nitrogens with zero attached hydrogens (tertiary/aromatic N) is 4. The Balaban J connectivity index is 1.58. The summed E-state index contributed by atoms with van der Waals surface area (Å²) < 4.78 is 0. The Morgan fingerprint density at radius 1 is 1.25 bits per heavy atom. The van der Waals surface area contributed by atoms with Crippen LogP contribution in [0.1, 0.15) is 31.9 Å². The van der Waals surface area contributed by atoms with Crippen LogP contribution in [-0.4, -0.2) is 53.6 Å². The Hall–Kier alpha value is -1.20. The van der Waals surface area contributed by atoms with E-state index < -0.39 is 0 Å². The summed E-state index contributed by atoms with van der Waals surface area (Å²) in [5.74, 6) is 1.02. The molecular formula is C15H25N5. The third kappa shape index (κ3) is 3.27. The second-order valence-corrected chi connectivity index (χ2v) is 6.01. The second kappa shape index (κ2) is 6.06. The maximum Gasteiger partial charge on any atom is 0.147 e. The van der Waals surface area contributed by atoms with E-state index in [0.717, 1.165) is 43.7 Å². The molecule has 3 rings (SSSR count). The zero-order chi connectivity index (χ0) is 13.9. The lowest BCUT2D eigenvalue weighted by Crippen LogP contribution is -2.51. The van der Waals surface area contributed by atoms with Crippen LogP contribution in [0.25, 0.3) is 0 Å². The van der Waals surface area contributed by atoms with E-state index in [-0.39, 0.29) is 0 Å². The van der Waals surface area contributed by atoms with Crippen LogP contribution in [0.5, 0.6) is 0 Å². The van der Waals surface area contributed by atoms with Crippen molar-refractivity contribution in [1.29, 1.82) is 0 Å². The van der Waals surface area contributed by atoms with Crippen molar-refractivity contribution in [3.05, 3.63) is 18.1 Å². The molecule has 1 saturated heterocycles. The van der Waals surface area contributed by atoms with Gasteiger partial charge in [-0.15, -0.1) is 0 Å². The monoisotopic (exact) mass is 275 g/mol. The van der Waals surface area contributed by atoms with Crippen molar-refractivity contribution >= 4 is 5.82 Å². The van der Waals surface area contributed by atoms with Crippen LogP contribution in [0.15, 0.2) is 12.4 Å². The molecule has 0 radical (unpaired) electrons. The van der Waals surface area contributed by atoms with Crippen LogP contribution in [0.4, 0.5) is 5.82 Å². The normalized spacial score (nSPS) is 24.1. The molecule has 110 valence electrons. The number of likely N-dealkylation sites (N-methyl/N-ethyl adjacent to an activating group) is 1. The summed E-state index contributed by atoms with van der Waals surface area (Å²) in [5, 5.41) is 3.47. The fourth-order valence-electron chi connectivity index (χ4n) is 2.73. The van der Waals surface area contributed by atoms with Crippen molar-refractivity contribution < 1.29 is 0 Å². The van der Waals surface area contributed by atoms with Gasteiger partial charge in [-0.2, -0.15) is 0 Å². The number of nitrogens with one attached hydrogen (secondary N) is 1. The van der Waals surface area contributed by atoms with Gasteiger partial charge in [-0.1, -0.05) is 6.92 Å². The van der Waals surface area contributed by atoms with Crippen molar-refractivity contribution in [3.63, 3.8) is 0 Å². The first-order chi connectivity index (χ1) is 9.76. The summed E-state index contributed by atoms with van der Waals surface area (Å²) in [7, 11) is 2.21. The summed E-state index contributed by atoms with van der Waals surface area (Å²) >= 11 is 0. The topological polar surface area (TPSA) is 44.3 Å². The van der Waals surface area contributed by atoms with E-state index in [4.69, 9.17) is 0 Å². The average Bonchev–Trinajstić information content (AvgIpc) is 3.30. The van der Waals surface area contributed by atoms with Gasteiger partial charge < -0.3 is 10.2 Å². The average molecular weight is 275 g/mol. The van der Waals surface area contributed by atoms with E-state index in [1.54, 1.807) is 0 Å². The second-order valence-electron chi connectivity index (χ2n) is 6.01. The van der Waals surface area contributed by atoms with Gasteiger partial charge in [-0.3, -0.25) is 9.88 Å². The van der Waals surface area contributed by atoms with Crippen LogP contribution >= 0.6 is 0 Å². The highest BCUT2D eigenvalue weighted by Crippen LogP contribution is 2.19.